The lowest BCUT2D eigenvalue weighted by Crippen LogP contribution is -2.43. The molecule has 158 valence electrons. The SMILES string of the molecule is N=C(N)N1CCc2ccc(OCC3CCN(CC(=O)NCC(=O)O)CC3)cc2C1. The molecule has 3 rings (SSSR count). The Labute approximate surface area is 170 Å². The highest BCUT2D eigenvalue weighted by Gasteiger charge is 2.22. The summed E-state index contributed by atoms with van der Waals surface area (Å²) < 4.78 is 6.02. The van der Waals surface area contributed by atoms with E-state index in [2.05, 4.69) is 11.4 Å². The quantitative estimate of drug-likeness (QED) is 0.378. The Morgan fingerprint density at radius 2 is 2.00 bits per heavy atom. The molecule has 2 heterocycles. The molecule has 29 heavy (non-hydrogen) atoms. The number of nitrogens with zero attached hydrogens (tertiary/aromatic N) is 2. The van der Waals surface area contributed by atoms with Crippen LogP contribution in [-0.4, -0.2) is 72.1 Å². The maximum atomic E-state index is 11.7. The molecule has 1 aromatic carbocycles. The first-order chi connectivity index (χ1) is 13.9. The van der Waals surface area contributed by atoms with Crippen molar-refractivity contribution in [2.45, 2.75) is 25.8 Å². The molecule has 2 aliphatic rings. The summed E-state index contributed by atoms with van der Waals surface area (Å²) in [6.07, 6.45) is 2.76. The van der Waals surface area contributed by atoms with Crippen LogP contribution in [0.2, 0.25) is 0 Å². The fourth-order valence-electron chi connectivity index (χ4n) is 3.79. The summed E-state index contributed by atoms with van der Waals surface area (Å²) in [6, 6.07) is 6.15. The summed E-state index contributed by atoms with van der Waals surface area (Å²) in [5.41, 5.74) is 8.05. The molecule has 0 atom stereocenters. The van der Waals surface area contributed by atoms with E-state index in [1.807, 2.05) is 21.9 Å². The van der Waals surface area contributed by atoms with Gasteiger partial charge in [0.2, 0.25) is 5.91 Å². The van der Waals surface area contributed by atoms with Crippen molar-refractivity contribution in [3.8, 4) is 5.75 Å². The van der Waals surface area contributed by atoms with Crippen LogP contribution in [0.1, 0.15) is 24.0 Å². The minimum Gasteiger partial charge on any atom is -0.493 e. The molecular weight excluding hydrogens is 374 g/mol. The third-order valence-corrected chi connectivity index (χ3v) is 5.53. The van der Waals surface area contributed by atoms with Crippen LogP contribution in [0.3, 0.4) is 0 Å². The molecule has 1 saturated heterocycles. The number of hydrogen-bond acceptors (Lipinski definition) is 5. The molecule has 1 fully saturated rings. The third-order valence-electron chi connectivity index (χ3n) is 5.53. The van der Waals surface area contributed by atoms with Gasteiger partial charge in [-0.1, -0.05) is 6.07 Å². The molecule has 9 nitrogen and oxygen atoms in total. The number of nitrogens with two attached hydrogens (primary N) is 1. The Balaban J connectivity index is 1.42. The van der Waals surface area contributed by atoms with Crippen LogP contribution >= 0.6 is 0 Å². The lowest BCUT2D eigenvalue weighted by molar-refractivity contribution is -0.138. The summed E-state index contributed by atoms with van der Waals surface area (Å²) in [5, 5.41) is 18.6. The zero-order chi connectivity index (χ0) is 20.8. The van der Waals surface area contributed by atoms with Gasteiger partial charge in [-0.25, -0.2) is 0 Å². The van der Waals surface area contributed by atoms with Gasteiger partial charge in [0, 0.05) is 13.1 Å². The van der Waals surface area contributed by atoms with E-state index in [1.165, 1.54) is 5.56 Å². The molecule has 0 saturated carbocycles. The average molecular weight is 403 g/mol. The molecule has 0 aromatic heterocycles. The number of fused-ring (bicyclic) bond motifs is 1. The average Bonchev–Trinajstić information content (AvgIpc) is 2.71. The number of likely N-dealkylation sites (tertiary alicyclic amines) is 1. The first-order valence-corrected chi connectivity index (χ1v) is 9.95. The van der Waals surface area contributed by atoms with Gasteiger partial charge in [0.15, 0.2) is 5.96 Å². The highest BCUT2D eigenvalue weighted by molar-refractivity contribution is 5.82. The van der Waals surface area contributed by atoms with Crippen LogP contribution in [0.15, 0.2) is 18.2 Å². The minimum atomic E-state index is -1.04. The number of guanidine groups is 1. The van der Waals surface area contributed by atoms with E-state index in [1.54, 1.807) is 0 Å². The Bertz CT molecular complexity index is 761. The largest absolute Gasteiger partial charge is 0.493 e. The first-order valence-electron chi connectivity index (χ1n) is 9.95. The van der Waals surface area contributed by atoms with Crippen molar-refractivity contribution in [3.63, 3.8) is 0 Å². The number of ether oxygens (including phenoxy) is 1. The first kappa shape index (κ1) is 20.9. The number of carbonyl (C=O) groups is 2. The number of piperidine rings is 1. The topological polar surface area (TPSA) is 132 Å². The molecule has 1 aromatic rings. The highest BCUT2D eigenvalue weighted by Crippen LogP contribution is 2.25. The van der Waals surface area contributed by atoms with Crippen molar-refractivity contribution in [3.05, 3.63) is 29.3 Å². The normalized spacial score (nSPS) is 17.4. The Hall–Kier alpha value is -2.81. The number of carbonyl (C=O) groups excluding carboxylic acids is 1. The number of carboxylic acids is 1. The molecule has 0 unspecified atom stereocenters. The van der Waals surface area contributed by atoms with Crippen LogP contribution in [0.25, 0.3) is 0 Å². The predicted molar refractivity (Wildman–Crippen MR) is 108 cm³/mol. The van der Waals surface area contributed by atoms with Gasteiger partial charge in [0.1, 0.15) is 12.3 Å². The van der Waals surface area contributed by atoms with Gasteiger partial charge in [0.25, 0.3) is 0 Å². The highest BCUT2D eigenvalue weighted by atomic mass is 16.5. The minimum absolute atomic E-state index is 0.102. The number of hydrogen-bond donors (Lipinski definition) is 4. The molecule has 1 amide bonds. The summed E-state index contributed by atoms with van der Waals surface area (Å²) in [4.78, 5) is 26.1. The monoisotopic (exact) mass is 403 g/mol. The van der Waals surface area contributed by atoms with E-state index in [-0.39, 0.29) is 25.0 Å². The second-order valence-corrected chi connectivity index (χ2v) is 7.69. The number of rotatable bonds is 7. The Morgan fingerprint density at radius 3 is 2.69 bits per heavy atom. The number of aliphatic carboxylic acids is 1. The summed E-state index contributed by atoms with van der Waals surface area (Å²) in [5.74, 6) is 0.0780. The summed E-state index contributed by atoms with van der Waals surface area (Å²) in [7, 11) is 0. The summed E-state index contributed by atoms with van der Waals surface area (Å²) in [6.45, 7) is 3.54. The van der Waals surface area contributed by atoms with Gasteiger partial charge in [-0.05, 0) is 61.5 Å². The Kier molecular flexibility index (Phi) is 6.92. The fourth-order valence-corrected chi connectivity index (χ4v) is 3.79. The van der Waals surface area contributed by atoms with Crippen LogP contribution in [0.5, 0.6) is 5.75 Å². The maximum absolute atomic E-state index is 11.7. The van der Waals surface area contributed by atoms with Crippen LogP contribution < -0.4 is 15.8 Å². The van der Waals surface area contributed by atoms with Crippen LogP contribution in [0.4, 0.5) is 0 Å². The van der Waals surface area contributed by atoms with Gasteiger partial charge in [-0.3, -0.25) is 19.9 Å². The molecular formula is C20H29N5O4. The third kappa shape index (κ3) is 6.08. The second-order valence-electron chi connectivity index (χ2n) is 7.69. The van der Waals surface area contributed by atoms with Crippen LogP contribution in [-0.2, 0) is 22.6 Å². The van der Waals surface area contributed by atoms with Crippen LogP contribution in [0, 0.1) is 11.3 Å². The zero-order valence-corrected chi connectivity index (χ0v) is 16.5. The van der Waals surface area contributed by atoms with Crippen molar-refractivity contribution in [1.29, 1.82) is 5.41 Å². The number of carboxylic acid groups (broad SMARTS) is 1. The molecule has 0 aliphatic carbocycles. The van der Waals surface area contributed by atoms with Gasteiger partial charge in [-0.15, -0.1) is 0 Å². The standard InChI is InChI=1S/C20H29N5O4/c21-20(22)25-8-5-15-1-2-17(9-16(15)11-25)29-13-14-3-6-24(7-4-14)12-18(26)23-10-19(27)28/h1-2,9,14H,3-8,10-13H2,(H3,21,22)(H,23,26)(H,27,28). The molecule has 9 heteroatoms. The van der Waals surface area contributed by atoms with Crippen molar-refractivity contribution in [2.24, 2.45) is 11.7 Å². The van der Waals surface area contributed by atoms with Gasteiger partial charge >= 0.3 is 5.97 Å². The van der Waals surface area contributed by atoms with Crippen molar-refractivity contribution in [1.82, 2.24) is 15.1 Å². The molecule has 0 bridgehead atoms. The molecule has 0 spiro atoms. The number of nitrogens with one attached hydrogen (secondary N) is 2. The van der Waals surface area contributed by atoms with E-state index < -0.39 is 5.97 Å². The maximum Gasteiger partial charge on any atom is 0.322 e. The van der Waals surface area contributed by atoms with Crippen molar-refractivity contribution in [2.75, 3.05) is 39.3 Å². The zero-order valence-electron chi connectivity index (χ0n) is 16.5. The van der Waals surface area contributed by atoms with Crippen molar-refractivity contribution < 1.29 is 19.4 Å². The van der Waals surface area contributed by atoms with E-state index in [0.717, 1.165) is 50.2 Å². The lowest BCUT2D eigenvalue weighted by Gasteiger charge is -2.31. The second kappa shape index (κ2) is 9.60. The van der Waals surface area contributed by atoms with Gasteiger partial charge in [-0.2, -0.15) is 0 Å². The van der Waals surface area contributed by atoms with Gasteiger partial charge < -0.3 is 25.8 Å². The number of amides is 1. The molecule has 0 radical (unpaired) electrons. The van der Waals surface area contributed by atoms with E-state index in [4.69, 9.17) is 21.0 Å². The van der Waals surface area contributed by atoms with E-state index >= 15 is 0 Å². The molecule has 5 N–H and O–H groups in total. The van der Waals surface area contributed by atoms with E-state index in [9.17, 15) is 9.59 Å². The smallest absolute Gasteiger partial charge is 0.322 e. The molecule has 2 aliphatic heterocycles. The summed E-state index contributed by atoms with van der Waals surface area (Å²) >= 11 is 0. The Morgan fingerprint density at radius 1 is 1.24 bits per heavy atom. The number of benzene rings is 1. The predicted octanol–water partition coefficient (Wildman–Crippen LogP) is 0.230. The van der Waals surface area contributed by atoms with Gasteiger partial charge in [0.05, 0.1) is 13.2 Å². The van der Waals surface area contributed by atoms with E-state index in [0.29, 0.717) is 19.1 Å². The fraction of sp³-hybridized carbons (Fsp3) is 0.550. The lowest BCUT2D eigenvalue weighted by atomic mass is 9.97. The van der Waals surface area contributed by atoms with Crippen molar-refractivity contribution >= 4 is 17.8 Å².